The Morgan fingerprint density at radius 3 is 2.81 bits per heavy atom. The second-order valence-electron chi connectivity index (χ2n) is 4.79. The standard InChI is InChI=1S/C15H10ClN3O2/c16-10-6-7-12-11(8-10)13(9-4-2-1-3-5-9)19-14(17-12)18-15(20)21-19/h1-8,13H,(H,17,18,20). The van der Waals surface area contributed by atoms with Crippen molar-refractivity contribution < 1.29 is 4.52 Å². The molecule has 1 N–H and O–H groups in total. The Balaban J connectivity index is 2.00. The molecule has 1 aromatic heterocycles. The summed E-state index contributed by atoms with van der Waals surface area (Å²) in [7, 11) is 0. The van der Waals surface area contributed by atoms with E-state index in [2.05, 4.69) is 10.3 Å². The molecule has 0 aliphatic carbocycles. The second-order valence-corrected chi connectivity index (χ2v) is 5.22. The van der Waals surface area contributed by atoms with E-state index < -0.39 is 5.76 Å². The van der Waals surface area contributed by atoms with Crippen molar-refractivity contribution >= 4 is 23.2 Å². The average Bonchev–Trinajstić information content (AvgIpc) is 2.85. The summed E-state index contributed by atoms with van der Waals surface area (Å²) in [4.78, 5) is 15.3. The first-order valence-corrected chi connectivity index (χ1v) is 6.81. The molecule has 0 saturated carbocycles. The van der Waals surface area contributed by atoms with Gasteiger partial charge in [0.15, 0.2) is 0 Å². The maximum Gasteiger partial charge on any atom is 0.461 e. The molecule has 1 aliphatic rings. The minimum atomic E-state index is -0.627. The summed E-state index contributed by atoms with van der Waals surface area (Å²) in [5.41, 5.74) is 2.79. The number of nitrogens with zero attached hydrogens (tertiary/aromatic N) is 2. The lowest BCUT2D eigenvalue weighted by Crippen LogP contribution is -2.20. The number of halogens is 1. The lowest BCUT2D eigenvalue weighted by Gasteiger charge is -2.26. The molecule has 6 heteroatoms. The first-order valence-electron chi connectivity index (χ1n) is 6.43. The molecular formula is C15H10ClN3O2. The first kappa shape index (κ1) is 12.2. The Hall–Kier alpha value is -2.53. The molecule has 0 radical (unpaired) electrons. The summed E-state index contributed by atoms with van der Waals surface area (Å²) >= 11 is 6.12. The molecule has 2 aromatic carbocycles. The highest BCUT2D eigenvalue weighted by molar-refractivity contribution is 6.30. The van der Waals surface area contributed by atoms with Crippen LogP contribution in [0.3, 0.4) is 0 Å². The molecule has 21 heavy (non-hydrogen) atoms. The Morgan fingerprint density at radius 1 is 1.19 bits per heavy atom. The zero-order valence-electron chi connectivity index (χ0n) is 10.8. The van der Waals surface area contributed by atoms with E-state index in [-0.39, 0.29) is 6.04 Å². The van der Waals surface area contributed by atoms with E-state index in [4.69, 9.17) is 16.1 Å². The zero-order valence-corrected chi connectivity index (χ0v) is 11.5. The Labute approximate surface area is 124 Å². The van der Waals surface area contributed by atoms with Crippen molar-refractivity contribution in [1.29, 1.82) is 0 Å². The van der Waals surface area contributed by atoms with Gasteiger partial charge in [0.1, 0.15) is 6.04 Å². The van der Waals surface area contributed by atoms with Gasteiger partial charge in [0.2, 0.25) is 5.95 Å². The van der Waals surface area contributed by atoms with Crippen LogP contribution >= 0.6 is 11.6 Å². The van der Waals surface area contributed by atoms with E-state index in [0.717, 1.165) is 16.8 Å². The normalized spacial score (nSPS) is 16.0. The molecule has 1 atom stereocenters. The molecule has 0 amide bonds. The van der Waals surface area contributed by atoms with Crippen LogP contribution in [0.1, 0.15) is 17.2 Å². The molecule has 3 aromatic rings. The van der Waals surface area contributed by atoms with Crippen LogP contribution in [0.5, 0.6) is 0 Å². The number of fused-ring (bicyclic) bond motifs is 2. The van der Waals surface area contributed by atoms with Gasteiger partial charge in [-0.3, -0.25) is 0 Å². The largest absolute Gasteiger partial charge is 0.461 e. The highest BCUT2D eigenvalue weighted by Crippen LogP contribution is 2.39. The lowest BCUT2D eigenvalue weighted by atomic mass is 9.96. The van der Waals surface area contributed by atoms with Crippen LogP contribution in [0.25, 0.3) is 0 Å². The Morgan fingerprint density at radius 2 is 2.00 bits per heavy atom. The van der Waals surface area contributed by atoms with Crippen molar-refractivity contribution in [3.05, 3.63) is 75.2 Å². The topological polar surface area (TPSA) is 60.1 Å². The van der Waals surface area contributed by atoms with Crippen molar-refractivity contribution in [3.8, 4) is 0 Å². The van der Waals surface area contributed by atoms with E-state index in [0.29, 0.717) is 11.0 Å². The van der Waals surface area contributed by atoms with Crippen LogP contribution in [0.15, 0.2) is 57.8 Å². The summed E-state index contributed by atoms with van der Waals surface area (Å²) in [6.07, 6.45) is 0. The molecule has 0 fully saturated rings. The maximum absolute atomic E-state index is 11.5. The van der Waals surface area contributed by atoms with Gasteiger partial charge in [-0.15, -0.1) is 4.98 Å². The Bertz CT molecular complexity index is 870. The number of hydrogen-bond acceptors (Lipinski definition) is 4. The van der Waals surface area contributed by atoms with E-state index >= 15 is 0 Å². The molecule has 2 heterocycles. The fourth-order valence-corrected chi connectivity index (χ4v) is 2.79. The van der Waals surface area contributed by atoms with E-state index in [1.165, 1.54) is 4.74 Å². The highest BCUT2D eigenvalue weighted by atomic mass is 35.5. The van der Waals surface area contributed by atoms with Gasteiger partial charge >= 0.3 is 5.76 Å². The summed E-state index contributed by atoms with van der Waals surface area (Å²) in [5, 5.41) is 3.71. The summed E-state index contributed by atoms with van der Waals surface area (Å²) < 4.78 is 6.70. The van der Waals surface area contributed by atoms with Crippen LogP contribution in [-0.4, -0.2) is 9.72 Å². The summed E-state index contributed by atoms with van der Waals surface area (Å²) in [5.74, 6) is -0.235. The molecule has 0 saturated heterocycles. The van der Waals surface area contributed by atoms with Gasteiger partial charge < -0.3 is 9.84 Å². The average molecular weight is 300 g/mol. The van der Waals surface area contributed by atoms with Crippen LogP contribution in [-0.2, 0) is 0 Å². The second kappa shape index (κ2) is 4.49. The molecule has 4 rings (SSSR count). The Kier molecular flexibility index (Phi) is 2.62. The molecular weight excluding hydrogens is 290 g/mol. The van der Waals surface area contributed by atoms with Crippen LogP contribution < -0.4 is 11.1 Å². The van der Waals surface area contributed by atoms with E-state index in [9.17, 15) is 4.79 Å². The monoisotopic (exact) mass is 299 g/mol. The molecule has 0 bridgehead atoms. The van der Waals surface area contributed by atoms with Crippen LogP contribution in [0.4, 0.5) is 11.6 Å². The molecule has 1 unspecified atom stereocenters. The maximum atomic E-state index is 11.5. The van der Waals surface area contributed by atoms with Gasteiger partial charge in [-0.1, -0.05) is 41.9 Å². The fourth-order valence-electron chi connectivity index (χ4n) is 2.61. The minimum absolute atomic E-state index is 0.272. The third kappa shape index (κ3) is 1.94. The number of hydrogen-bond donors (Lipinski definition) is 1. The predicted molar refractivity (Wildman–Crippen MR) is 79.2 cm³/mol. The number of benzene rings is 2. The predicted octanol–water partition coefficient (Wildman–Crippen LogP) is 3.18. The van der Waals surface area contributed by atoms with Gasteiger partial charge in [0.05, 0.1) is 0 Å². The zero-order chi connectivity index (χ0) is 14.4. The minimum Gasteiger partial charge on any atom is -0.323 e. The molecule has 5 nitrogen and oxygen atoms in total. The van der Waals surface area contributed by atoms with Crippen molar-refractivity contribution in [3.63, 3.8) is 0 Å². The molecule has 1 aliphatic heterocycles. The third-order valence-corrected chi connectivity index (χ3v) is 3.72. The molecule has 104 valence electrons. The number of anilines is 2. The number of nitrogens with one attached hydrogen (secondary N) is 1. The number of rotatable bonds is 1. The van der Waals surface area contributed by atoms with Crippen LogP contribution in [0.2, 0.25) is 5.02 Å². The van der Waals surface area contributed by atoms with Gasteiger partial charge in [-0.25, -0.2) is 4.79 Å². The highest BCUT2D eigenvalue weighted by Gasteiger charge is 2.30. The van der Waals surface area contributed by atoms with Gasteiger partial charge in [0, 0.05) is 16.3 Å². The molecule has 0 spiro atoms. The summed E-state index contributed by atoms with van der Waals surface area (Å²) in [6, 6.07) is 15.0. The summed E-state index contributed by atoms with van der Waals surface area (Å²) in [6.45, 7) is 0. The number of aromatic nitrogens is 2. The van der Waals surface area contributed by atoms with Crippen molar-refractivity contribution in [2.45, 2.75) is 6.04 Å². The lowest BCUT2D eigenvalue weighted by molar-refractivity contribution is 0.244. The van der Waals surface area contributed by atoms with Gasteiger partial charge in [-0.05, 0) is 23.8 Å². The van der Waals surface area contributed by atoms with Crippen LogP contribution in [0, 0.1) is 0 Å². The SMILES string of the molecule is O=c1nc2n(o1)C(c1ccccc1)c1cc(Cl)ccc1N2. The van der Waals surface area contributed by atoms with Crippen molar-refractivity contribution in [1.82, 2.24) is 9.72 Å². The first-order chi connectivity index (χ1) is 10.2. The fraction of sp³-hybridized carbons (Fsp3) is 0.0667. The van der Waals surface area contributed by atoms with Crippen molar-refractivity contribution in [2.75, 3.05) is 5.32 Å². The van der Waals surface area contributed by atoms with Crippen molar-refractivity contribution in [2.24, 2.45) is 0 Å². The van der Waals surface area contributed by atoms with E-state index in [1.807, 2.05) is 42.5 Å². The quantitative estimate of drug-likeness (QED) is 0.586. The van der Waals surface area contributed by atoms with Gasteiger partial charge in [0.25, 0.3) is 0 Å². The van der Waals surface area contributed by atoms with E-state index in [1.54, 1.807) is 6.07 Å². The van der Waals surface area contributed by atoms with Gasteiger partial charge in [-0.2, -0.15) is 4.74 Å². The smallest absolute Gasteiger partial charge is 0.323 e. The third-order valence-electron chi connectivity index (χ3n) is 3.49.